The first-order valence-corrected chi connectivity index (χ1v) is 15.7. The SMILES string of the molecule is c1ccc(-c2ccc(N(c3ccccc3)c3ccc4oc5cc6oc(-c7ccccc7)nc6cc5c4c3)c(-c3ccccc3)c2)cc1. The Bertz CT molecular complexity index is 2500. The Balaban J connectivity index is 1.24. The molecule has 4 heteroatoms. The van der Waals surface area contributed by atoms with E-state index in [4.69, 9.17) is 13.8 Å². The lowest BCUT2D eigenvalue weighted by atomic mass is 9.96. The normalized spacial score (nSPS) is 11.4. The van der Waals surface area contributed by atoms with Gasteiger partial charge in [0.1, 0.15) is 16.7 Å². The van der Waals surface area contributed by atoms with Crippen LogP contribution in [0.25, 0.3) is 66.7 Å². The van der Waals surface area contributed by atoms with Crippen LogP contribution < -0.4 is 4.90 Å². The summed E-state index contributed by atoms with van der Waals surface area (Å²) in [6.07, 6.45) is 0. The van der Waals surface area contributed by atoms with E-state index in [1.807, 2.05) is 36.4 Å². The first-order valence-electron chi connectivity index (χ1n) is 15.7. The number of hydrogen-bond donors (Lipinski definition) is 0. The highest BCUT2D eigenvalue weighted by Gasteiger charge is 2.20. The maximum atomic E-state index is 6.37. The summed E-state index contributed by atoms with van der Waals surface area (Å²) in [5.41, 5.74) is 11.9. The van der Waals surface area contributed by atoms with Gasteiger partial charge in [0.25, 0.3) is 0 Å². The van der Waals surface area contributed by atoms with Crippen LogP contribution in [0.2, 0.25) is 0 Å². The molecule has 0 aliphatic carbocycles. The summed E-state index contributed by atoms with van der Waals surface area (Å²) in [7, 11) is 0. The van der Waals surface area contributed by atoms with E-state index in [0.717, 1.165) is 61.2 Å². The molecule has 0 radical (unpaired) electrons. The molecule has 4 nitrogen and oxygen atoms in total. The van der Waals surface area contributed by atoms with Crippen LogP contribution in [0.1, 0.15) is 0 Å². The van der Waals surface area contributed by atoms with Crippen LogP contribution in [-0.2, 0) is 0 Å². The largest absolute Gasteiger partial charge is 0.456 e. The van der Waals surface area contributed by atoms with E-state index in [1.54, 1.807) is 0 Å². The van der Waals surface area contributed by atoms with Gasteiger partial charge in [0.15, 0.2) is 5.58 Å². The van der Waals surface area contributed by atoms with Crippen LogP contribution >= 0.6 is 0 Å². The number of para-hydroxylation sites is 1. The Kier molecular flexibility index (Phi) is 6.43. The summed E-state index contributed by atoms with van der Waals surface area (Å²) < 4.78 is 12.5. The third-order valence-corrected chi connectivity index (χ3v) is 8.69. The number of furan rings is 1. The Morgan fingerprint density at radius 1 is 0.404 bits per heavy atom. The number of nitrogens with zero attached hydrogens (tertiary/aromatic N) is 2. The molecule has 0 amide bonds. The van der Waals surface area contributed by atoms with Gasteiger partial charge in [-0.3, -0.25) is 0 Å². The zero-order chi connectivity index (χ0) is 31.2. The number of anilines is 3. The Morgan fingerprint density at radius 2 is 1.04 bits per heavy atom. The molecule has 9 rings (SSSR count). The van der Waals surface area contributed by atoms with Crippen molar-refractivity contribution < 1.29 is 8.83 Å². The predicted octanol–water partition coefficient (Wildman–Crippen LogP) is 12.2. The molecular weight excluding hydrogens is 576 g/mol. The van der Waals surface area contributed by atoms with Crippen molar-refractivity contribution in [3.05, 3.63) is 170 Å². The first-order chi connectivity index (χ1) is 23.3. The van der Waals surface area contributed by atoms with Gasteiger partial charge < -0.3 is 13.7 Å². The average Bonchev–Trinajstić information content (AvgIpc) is 3.73. The maximum absolute atomic E-state index is 6.37. The van der Waals surface area contributed by atoms with Gasteiger partial charge in [-0.15, -0.1) is 0 Å². The summed E-state index contributed by atoms with van der Waals surface area (Å²) in [6.45, 7) is 0. The number of oxazole rings is 1. The van der Waals surface area contributed by atoms with Gasteiger partial charge in [-0.2, -0.15) is 0 Å². The van der Waals surface area contributed by atoms with E-state index in [-0.39, 0.29) is 0 Å². The van der Waals surface area contributed by atoms with Crippen molar-refractivity contribution in [2.24, 2.45) is 0 Å². The first kappa shape index (κ1) is 27.0. The van der Waals surface area contributed by atoms with Gasteiger partial charge in [-0.1, -0.05) is 103 Å². The van der Waals surface area contributed by atoms with Gasteiger partial charge in [0.05, 0.1) is 5.69 Å². The predicted molar refractivity (Wildman–Crippen MR) is 192 cm³/mol. The molecular formula is C43H28N2O2. The van der Waals surface area contributed by atoms with E-state index in [2.05, 4.69) is 138 Å². The van der Waals surface area contributed by atoms with Gasteiger partial charge in [0.2, 0.25) is 5.89 Å². The molecule has 7 aromatic carbocycles. The molecule has 0 spiro atoms. The minimum absolute atomic E-state index is 0.598. The third kappa shape index (κ3) is 4.84. The van der Waals surface area contributed by atoms with Crippen LogP contribution in [0.5, 0.6) is 0 Å². The van der Waals surface area contributed by atoms with E-state index >= 15 is 0 Å². The minimum Gasteiger partial charge on any atom is -0.456 e. The zero-order valence-corrected chi connectivity index (χ0v) is 25.4. The van der Waals surface area contributed by atoms with E-state index in [1.165, 1.54) is 11.1 Å². The fraction of sp³-hybridized carbons (Fsp3) is 0. The summed E-state index contributed by atoms with van der Waals surface area (Å²) in [6, 6.07) is 58.8. The highest BCUT2D eigenvalue weighted by molar-refractivity contribution is 6.10. The molecule has 0 unspecified atom stereocenters. The second-order valence-electron chi connectivity index (χ2n) is 11.6. The number of benzene rings is 7. The molecule has 0 fully saturated rings. The lowest BCUT2D eigenvalue weighted by molar-refractivity contribution is 0.617. The highest BCUT2D eigenvalue weighted by Crippen LogP contribution is 2.44. The Hall–Kier alpha value is -6.39. The van der Waals surface area contributed by atoms with Crippen molar-refractivity contribution >= 4 is 50.1 Å². The summed E-state index contributed by atoms with van der Waals surface area (Å²) in [4.78, 5) is 7.16. The number of aromatic nitrogens is 1. The fourth-order valence-corrected chi connectivity index (χ4v) is 6.42. The Morgan fingerprint density at radius 3 is 1.77 bits per heavy atom. The zero-order valence-electron chi connectivity index (χ0n) is 25.4. The van der Waals surface area contributed by atoms with Gasteiger partial charge in [-0.05, 0) is 77.4 Å². The molecule has 222 valence electrons. The topological polar surface area (TPSA) is 42.4 Å². The molecule has 2 heterocycles. The molecule has 0 aliphatic rings. The van der Waals surface area contributed by atoms with E-state index in [0.29, 0.717) is 11.5 Å². The fourth-order valence-electron chi connectivity index (χ4n) is 6.42. The lowest BCUT2D eigenvalue weighted by Gasteiger charge is -2.28. The van der Waals surface area contributed by atoms with Crippen molar-refractivity contribution in [2.75, 3.05) is 4.90 Å². The molecule has 0 saturated heterocycles. The quantitative estimate of drug-likeness (QED) is 0.189. The van der Waals surface area contributed by atoms with Crippen LogP contribution in [0.15, 0.2) is 179 Å². The van der Waals surface area contributed by atoms with Crippen LogP contribution in [0.4, 0.5) is 17.1 Å². The standard InChI is InChI=1S/C43H28N2O2/c1-5-13-29(14-6-1)32-21-23-39(35(25-32)30-15-7-2-8-16-30)45(33-19-11-4-12-20-33)34-22-24-40-36(26-34)37-27-38-42(28-41(37)46-40)47-43(44-38)31-17-9-3-10-18-31/h1-28H. The lowest BCUT2D eigenvalue weighted by Crippen LogP contribution is -2.11. The average molecular weight is 605 g/mol. The minimum atomic E-state index is 0.598. The summed E-state index contributed by atoms with van der Waals surface area (Å²) in [5.74, 6) is 0.598. The van der Waals surface area contributed by atoms with E-state index in [9.17, 15) is 0 Å². The molecule has 0 atom stereocenters. The Labute approximate surface area is 271 Å². The van der Waals surface area contributed by atoms with Crippen LogP contribution in [-0.4, -0.2) is 4.98 Å². The molecule has 0 aliphatic heterocycles. The smallest absolute Gasteiger partial charge is 0.227 e. The third-order valence-electron chi connectivity index (χ3n) is 8.69. The highest BCUT2D eigenvalue weighted by atomic mass is 16.4. The number of hydrogen-bond acceptors (Lipinski definition) is 4. The van der Waals surface area contributed by atoms with Crippen LogP contribution in [0, 0.1) is 0 Å². The second kappa shape index (κ2) is 11.2. The van der Waals surface area contributed by atoms with Crippen molar-refractivity contribution in [1.82, 2.24) is 4.98 Å². The van der Waals surface area contributed by atoms with Gasteiger partial charge in [-0.25, -0.2) is 4.98 Å². The van der Waals surface area contributed by atoms with Crippen molar-refractivity contribution in [3.63, 3.8) is 0 Å². The molecule has 0 N–H and O–H groups in total. The number of fused-ring (bicyclic) bond motifs is 4. The maximum Gasteiger partial charge on any atom is 0.227 e. The van der Waals surface area contributed by atoms with Crippen molar-refractivity contribution in [1.29, 1.82) is 0 Å². The number of rotatable bonds is 6. The van der Waals surface area contributed by atoms with Gasteiger partial charge in [0, 0.05) is 39.3 Å². The monoisotopic (exact) mass is 604 g/mol. The molecule has 47 heavy (non-hydrogen) atoms. The molecule has 0 bridgehead atoms. The van der Waals surface area contributed by atoms with Crippen molar-refractivity contribution in [2.45, 2.75) is 0 Å². The van der Waals surface area contributed by atoms with Crippen molar-refractivity contribution in [3.8, 4) is 33.7 Å². The molecule has 0 saturated carbocycles. The molecule has 2 aromatic heterocycles. The molecule has 9 aromatic rings. The second-order valence-corrected chi connectivity index (χ2v) is 11.6. The summed E-state index contributed by atoms with van der Waals surface area (Å²) >= 11 is 0. The van der Waals surface area contributed by atoms with Gasteiger partial charge >= 0.3 is 0 Å². The van der Waals surface area contributed by atoms with Crippen LogP contribution in [0.3, 0.4) is 0 Å². The van der Waals surface area contributed by atoms with E-state index < -0.39 is 0 Å². The summed E-state index contributed by atoms with van der Waals surface area (Å²) in [5, 5.41) is 2.02.